The molecule has 0 saturated carbocycles. The summed E-state index contributed by atoms with van der Waals surface area (Å²) in [6, 6.07) is 6.84. The van der Waals surface area contributed by atoms with Crippen LogP contribution in [0.4, 0.5) is 0 Å². The van der Waals surface area contributed by atoms with Gasteiger partial charge in [0.25, 0.3) is 0 Å². The number of Topliss-reactive ketones (excluding diaryl/α,β-unsaturated/α-hetero) is 1. The molecular formula is C14H21O5P. The van der Waals surface area contributed by atoms with E-state index in [0.717, 1.165) is 0 Å². The largest absolute Gasteiger partial charge is 0.497 e. The summed E-state index contributed by atoms with van der Waals surface area (Å²) in [5, 5.41) is 0. The Balaban J connectivity index is 3.20. The number of benzene rings is 1. The van der Waals surface area contributed by atoms with Gasteiger partial charge in [0.05, 0.1) is 20.3 Å². The van der Waals surface area contributed by atoms with Gasteiger partial charge in [-0.2, -0.15) is 0 Å². The Morgan fingerprint density at radius 1 is 1.15 bits per heavy atom. The first-order valence-corrected chi connectivity index (χ1v) is 8.12. The number of carbonyl (C=O) groups is 1. The molecule has 1 aromatic rings. The summed E-state index contributed by atoms with van der Waals surface area (Å²) in [7, 11) is -1.96. The minimum absolute atomic E-state index is 0.219. The van der Waals surface area contributed by atoms with Crippen LogP contribution in [0.5, 0.6) is 5.75 Å². The number of ether oxygens (including phenoxy) is 1. The quantitative estimate of drug-likeness (QED) is 0.686. The molecule has 0 fully saturated rings. The van der Waals surface area contributed by atoms with Crippen LogP contribution in [0.15, 0.2) is 24.3 Å². The smallest absolute Gasteiger partial charge is 0.345 e. The van der Waals surface area contributed by atoms with E-state index in [4.69, 9.17) is 13.8 Å². The van der Waals surface area contributed by atoms with E-state index in [1.807, 2.05) is 0 Å². The van der Waals surface area contributed by atoms with Gasteiger partial charge in [-0.05, 0) is 38.5 Å². The molecule has 0 aliphatic heterocycles. The van der Waals surface area contributed by atoms with E-state index >= 15 is 0 Å². The average molecular weight is 300 g/mol. The van der Waals surface area contributed by atoms with Gasteiger partial charge < -0.3 is 13.8 Å². The Morgan fingerprint density at radius 3 is 2.00 bits per heavy atom. The van der Waals surface area contributed by atoms with E-state index in [9.17, 15) is 9.36 Å². The van der Waals surface area contributed by atoms with Crippen molar-refractivity contribution in [1.82, 2.24) is 0 Å². The first-order valence-electron chi connectivity index (χ1n) is 6.51. The van der Waals surface area contributed by atoms with Crippen LogP contribution in [-0.4, -0.2) is 26.1 Å². The van der Waals surface area contributed by atoms with Gasteiger partial charge in [-0.25, -0.2) is 0 Å². The fourth-order valence-corrected chi connectivity index (χ4v) is 4.05. The van der Waals surface area contributed by atoms with Gasteiger partial charge >= 0.3 is 7.60 Å². The van der Waals surface area contributed by atoms with Crippen LogP contribution in [-0.2, 0) is 18.4 Å². The molecule has 0 aromatic heterocycles. The fourth-order valence-electron chi connectivity index (χ4n) is 1.97. The Bertz CT molecular complexity index is 473. The van der Waals surface area contributed by atoms with E-state index in [-0.39, 0.29) is 19.0 Å². The lowest BCUT2D eigenvalue weighted by Crippen LogP contribution is -2.13. The van der Waals surface area contributed by atoms with Crippen molar-refractivity contribution in [2.45, 2.75) is 26.4 Å². The molecule has 1 unspecified atom stereocenters. The van der Waals surface area contributed by atoms with Crippen molar-refractivity contribution < 1.29 is 23.1 Å². The molecule has 0 radical (unpaired) electrons. The molecule has 0 amide bonds. The molecule has 0 heterocycles. The molecule has 0 bridgehead atoms. The highest BCUT2D eigenvalue weighted by atomic mass is 31.2. The second-order valence-corrected chi connectivity index (χ2v) is 6.27. The van der Waals surface area contributed by atoms with Crippen LogP contribution in [0.3, 0.4) is 0 Å². The number of hydrogen-bond acceptors (Lipinski definition) is 5. The molecule has 0 spiro atoms. The summed E-state index contributed by atoms with van der Waals surface area (Å²) in [6.45, 7) is 5.27. The van der Waals surface area contributed by atoms with Crippen LogP contribution in [0.25, 0.3) is 0 Å². The summed E-state index contributed by atoms with van der Waals surface area (Å²) < 4.78 is 28.5. The lowest BCUT2D eigenvalue weighted by molar-refractivity contribution is -0.117. The number of hydrogen-bond donors (Lipinski definition) is 0. The second kappa shape index (κ2) is 7.58. The van der Waals surface area contributed by atoms with Crippen LogP contribution in [0, 0.1) is 0 Å². The molecule has 1 rings (SSSR count). The zero-order valence-corrected chi connectivity index (χ0v) is 13.2. The average Bonchev–Trinajstić information content (AvgIpc) is 2.39. The van der Waals surface area contributed by atoms with Gasteiger partial charge in [-0.3, -0.25) is 9.36 Å². The molecule has 1 aromatic carbocycles. The monoisotopic (exact) mass is 300 g/mol. The van der Waals surface area contributed by atoms with Crippen molar-refractivity contribution in [1.29, 1.82) is 0 Å². The molecule has 20 heavy (non-hydrogen) atoms. The summed E-state index contributed by atoms with van der Waals surface area (Å²) in [5.41, 5.74) is -0.308. The highest BCUT2D eigenvalue weighted by Crippen LogP contribution is 2.61. The maximum Gasteiger partial charge on any atom is 0.345 e. The molecule has 112 valence electrons. The molecule has 1 atom stereocenters. The van der Waals surface area contributed by atoms with Crippen LogP contribution >= 0.6 is 7.60 Å². The molecule has 0 N–H and O–H groups in total. The lowest BCUT2D eigenvalue weighted by atomic mass is 10.1. The van der Waals surface area contributed by atoms with Crippen molar-refractivity contribution in [2.75, 3.05) is 20.3 Å². The zero-order valence-electron chi connectivity index (χ0n) is 12.3. The molecule has 6 heteroatoms. The number of ketones is 1. The van der Waals surface area contributed by atoms with Crippen molar-refractivity contribution in [3.05, 3.63) is 29.8 Å². The third-order valence-corrected chi connectivity index (χ3v) is 5.28. The fraction of sp³-hybridized carbons (Fsp3) is 0.500. The molecule has 0 aliphatic rings. The van der Waals surface area contributed by atoms with Gasteiger partial charge in [0, 0.05) is 0 Å². The second-order valence-electron chi connectivity index (χ2n) is 4.16. The van der Waals surface area contributed by atoms with Crippen molar-refractivity contribution in [3.63, 3.8) is 0 Å². The predicted octanol–water partition coefficient (Wildman–Crippen LogP) is 3.59. The summed E-state index contributed by atoms with van der Waals surface area (Å²) in [5.74, 6) is 0.416. The third-order valence-electron chi connectivity index (χ3n) is 2.75. The van der Waals surface area contributed by atoms with Crippen LogP contribution < -0.4 is 4.74 Å². The van der Waals surface area contributed by atoms with Gasteiger partial charge in [0.1, 0.15) is 17.2 Å². The van der Waals surface area contributed by atoms with E-state index in [1.165, 1.54) is 6.92 Å². The van der Waals surface area contributed by atoms with E-state index in [2.05, 4.69) is 0 Å². The van der Waals surface area contributed by atoms with Crippen LogP contribution in [0.1, 0.15) is 32.0 Å². The normalized spacial score (nSPS) is 13.0. The number of carbonyl (C=O) groups excluding carboxylic acids is 1. The predicted molar refractivity (Wildman–Crippen MR) is 77.3 cm³/mol. The number of rotatable bonds is 8. The first kappa shape index (κ1) is 16.9. The minimum atomic E-state index is -3.52. The molecular weight excluding hydrogens is 279 g/mol. The maximum atomic E-state index is 12.8. The van der Waals surface area contributed by atoms with Gasteiger partial charge in [0.15, 0.2) is 0 Å². The standard InChI is InChI=1S/C14H21O5P/c1-5-18-20(16,19-6-2)14(11(3)15)12-7-9-13(17-4)10-8-12/h7-10,14H,5-6H2,1-4H3. The van der Waals surface area contributed by atoms with Crippen molar-refractivity contribution in [2.24, 2.45) is 0 Å². The SMILES string of the molecule is CCOP(=O)(OCC)C(C(C)=O)c1ccc(OC)cc1. The maximum absolute atomic E-state index is 12.8. The van der Waals surface area contributed by atoms with Gasteiger partial charge in [0.2, 0.25) is 0 Å². The minimum Gasteiger partial charge on any atom is -0.497 e. The third kappa shape index (κ3) is 3.92. The Morgan fingerprint density at radius 2 is 1.65 bits per heavy atom. The molecule has 0 saturated heterocycles. The highest BCUT2D eigenvalue weighted by molar-refractivity contribution is 7.55. The highest BCUT2D eigenvalue weighted by Gasteiger charge is 2.40. The Labute approximate surface area is 119 Å². The lowest BCUT2D eigenvalue weighted by Gasteiger charge is -2.24. The topological polar surface area (TPSA) is 61.8 Å². The van der Waals surface area contributed by atoms with Crippen molar-refractivity contribution >= 4 is 13.4 Å². The summed E-state index contributed by atoms with van der Waals surface area (Å²) in [6.07, 6.45) is 0. The van der Waals surface area contributed by atoms with Crippen LogP contribution in [0.2, 0.25) is 0 Å². The van der Waals surface area contributed by atoms with E-state index in [1.54, 1.807) is 45.2 Å². The molecule has 5 nitrogen and oxygen atoms in total. The molecule has 0 aliphatic carbocycles. The first-order chi connectivity index (χ1) is 9.48. The van der Waals surface area contributed by atoms with E-state index < -0.39 is 13.3 Å². The summed E-state index contributed by atoms with van der Waals surface area (Å²) in [4.78, 5) is 11.9. The van der Waals surface area contributed by atoms with Crippen molar-refractivity contribution in [3.8, 4) is 5.75 Å². The zero-order chi connectivity index (χ0) is 15.2. The van der Waals surface area contributed by atoms with E-state index in [0.29, 0.717) is 11.3 Å². The summed E-state index contributed by atoms with van der Waals surface area (Å²) >= 11 is 0. The van der Waals surface area contributed by atoms with Gasteiger partial charge in [-0.1, -0.05) is 12.1 Å². The number of methoxy groups -OCH3 is 1. The van der Waals surface area contributed by atoms with Gasteiger partial charge in [-0.15, -0.1) is 0 Å². The Hall–Kier alpha value is -1.16. The Kier molecular flexibility index (Phi) is 6.40.